The van der Waals surface area contributed by atoms with E-state index in [4.69, 9.17) is 0 Å². The summed E-state index contributed by atoms with van der Waals surface area (Å²) < 4.78 is 7.64. The Labute approximate surface area is 331 Å². The van der Waals surface area contributed by atoms with Crippen LogP contribution in [0.15, 0.2) is 133 Å². The fourth-order valence-electron chi connectivity index (χ4n) is 10.1. The van der Waals surface area contributed by atoms with Gasteiger partial charge in [0, 0.05) is 52.5 Å². The van der Waals surface area contributed by atoms with Gasteiger partial charge in [0.1, 0.15) is 0 Å². The summed E-state index contributed by atoms with van der Waals surface area (Å²) in [4.78, 5) is 5.02. The number of hydrogen-bond donors (Lipinski definition) is 0. The van der Waals surface area contributed by atoms with Crippen LogP contribution in [0.3, 0.4) is 0 Å². The Hall–Kier alpha value is -6.33. The largest absolute Gasteiger partial charge is 0.308 e. The van der Waals surface area contributed by atoms with E-state index in [1.54, 1.807) is 0 Å². The summed E-state index contributed by atoms with van der Waals surface area (Å²) in [5.41, 5.74) is 15.0. The molecule has 56 heavy (non-hydrogen) atoms. The van der Waals surface area contributed by atoms with E-state index in [1.807, 2.05) is 22.7 Å². The Bertz CT molecular complexity index is 3460. The van der Waals surface area contributed by atoms with Crippen LogP contribution >= 0.6 is 22.7 Å². The minimum absolute atomic E-state index is 0.0187. The Balaban J connectivity index is 1.21. The summed E-state index contributed by atoms with van der Waals surface area (Å²) in [6.07, 6.45) is 0. The fourth-order valence-corrected chi connectivity index (χ4v) is 12.6. The van der Waals surface area contributed by atoms with E-state index in [-0.39, 0.29) is 12.1 Å². The smallest absolute Gasteiger partial charge is 0.264 e. The molecular formula is C49H31BN4S2. The molecule has 0 saturated heterocycles. The van der Waals surface area contributed by atoms with E-state index in [9.17, 15) is 5.26 Å². The van der Waals surface area contributed by atoms with Gasteiger partial charge in [0.05, 0.1) is 55.8 Å². The zero-order valence-electron chi connectivity index (χ0n) is 30.9. The first-order valence-electron chi connectivity index (χ1n) is 19.2. The van der Waals surface area contributed by atoms with Crippen LogP contribution in [0.5, 0.6) is 0 Å². The minimum Gasteiger partial charge on any atom is -0.308 e. The molecule has 7 aromatic carbocycles. The van der Waals surface area contributed by atoms with Gasteiger partial charge in [0.15, 0.2) is 0 Å². The molecule has 0 bridgehead atoms. The molecule has 3 aromatic heterocycles. The number of nitrogens with zero attached hydrogens (tertiary/aromatic N) is 4. The van der Waals surface area contributed by atoms with Gasteiger partial charge in [0.2, 0.25) is 0 Å². The molecule has 0 amide bonds. The van der Waals surface area contributed by atoms with Crippen LogP contribution in [0.25, 0.3) is 57.8 Å². The monoisotopic (exact) mass is 750 g/mol. The molecule has 10 aromatic rings. The lowest BCUT2D eigenvalue weighted by Crippen LogP contribution is -2.61. The molecule has 0 radical (unpaired) electrons. The molecular weight excluding hydrogens is 720 g/mol. The summed E-state index contributed by atoms with van der Waals surface area (Å²) in [6.45, 7) is 6.88. The maximum absolute atomic E-state index is 10.9. The van der Waals surface area contributed by atoms with Gasteiger partial charge in [-0.2, -0.15) is 5.26 Å². The summed E-state index contributed by atoms with van der Waals surface area (Å²) >= 11 is 3.79. The second-order valence-corrected chi connectivity index (χ2v) is 18.5. The topological polar surface area (TPSA) is 35.2 Å². The quantitative estimate of drug-likeness (QED) is 0.157. The molecule has 0 aliphatic carbocycles. The highest BCUT2D eigenvalue weighted by atomic mass is 32.1. The van der Waals surface area contributed by atoms with E-state index in [1.165, 1.54) is 90.4 Å². The normalized spacial score (nSPS) is 13.9. The minimum atomic E-state index is -0.0233. The van der Waals surface area contributed by atoms with E-state index >= 15 is 0 Å². The average molecular weight is 751 g/mol. The second-order valence-electron chi connectivity index (χ2n) is 16.4. The van der Waals surface area contributed by atoms with Gasteiger partial charge in [-0.3, -0.25) is 0 Å². The van der Waals surface area contributed by atoms with Gasteiger partial charge in [-0.1, -0.05) is 99.6 Å². The van der Waals surface area contributed by atoms with Crippen LogP contribution in [-0.4, -0.2) is 11.3 Å². The fraction of sp³-hybridized carbons (Fsp3) is 0.0816. The number of aromatic nitrogens is 1. The highest BCUT2D eigenvalue weighted by molar-refractivity contribution is 7.34. The number of rotatable bonds is 1. The second kappa shape index (κ2) is 10.5. The molecule has 262 valence electrons. The standard InChI is InChI=1S/C49H31BN4S2/c1-49(2,3)28-21-22-42-33(25-28)45-48(56-42)50-34-15-10-18-37-46(34)53(36-17-8-13-31-29-11-4-6-16-35(29)52(37)44(31)36)39-23-27(26-51)24-40(43(39)50)54(45)38-19-9-14-32-30-12-5-7-20-41(30)55-47(32)38/h4-25H,1-3H3. The van der Waals surface area contributed by atoms with Crippen molar-refractivity contribution in [3.8, 4) is 11.8 Å². The van der Waals surface area contributed by atoms with E-state index in [0.717, 1.165) is 22.7 Å². The molecule has 0 atom stereocenters. The number of benzene rings is 7. The number of thiophene rings is 2. The molecule has 7 heteroatoms. The van der Waals surface area contributed by atoms with Crippen molar-refractivity contribution in [2.75, 3.05) is 9.80 Å². The zero-order valence-corrected chi connectivity index (χ0v) is 32.5. The third kappa shape index (κ3) is 3.74. The van der Waals surface area contributed by atoms with Crippen LogP contribution in [0.2, 0.25) is 0 Å². The Morgan fingerprint density at radius 3 is 2.07 bits per heavy atom. The summed E-state index contributed by atoms with van der Waals surface area (Å²) in [5, 5.41) is 17.2. The average Bonchev–Trinajstić information content (AvgIpc) is 3.90. The SMILES string of the molecule is CC(C)(C)c1ccc2sc3c(c2c1)N(c1cccc2c1sc1ccccc12)c1cc(C#N)cc2c1B3c1cccc3c1N2c1cccc2c4ccccc4n-3c12. The van der Waals surface area contributed by atoms with Gasteiger partial charge >= 0.3 is 0 Å². The lowest BCUT2D eigenvalue weighted by molar-refractivity contribution is 0.591. The van der Waals surface area contributed by atoms with Crippen molar-refractivity contribution in [2.24, 2.45) is 0 Å². The van der Waals surface area contributed by atoms with Gasteiger partial charge in [-0.25, -0.2) is 0 Å². The Kier molecular flexibility index (Phi) is 5.80. The van der Waals surface area contributed by atoms with Crippen molar-refractivity contribution in [1.29, 1.82) is 5.26 Å². The number of hydrogen-bond acceptors (Lipinski definition) is 5. The molecule has 0 fully saturated rings. The van der Waals surface area contributed by atoms with Crippen LogP contribution in [0.1, 0.15) is 31.9 Å². The van der Waals surface area contributed by atoms with E-state index in [0.29, 0.717) is 5.56 Å². The summed E-state index contributed by atoms with van der Waals surface area (Å²) in [5.74, 6) is 0. The molecule has 0 saturated carbocycles. The molecule has 3 aliphatic heterocycles. The number of anilines is 6. The van der Waals surface area contributed by atoms with Crippen LogP contribution in [0, 0.1) is 11.3 Å². The van der Waals surface area contributed by atoms with Crippen molar-refractivity contribution in [1.82, 2.24) is 4.57 Å². The van der Waals surface area contributed by atoms with Crippen molar-refractivity contribution < 1.29 is 0 Å². The zero-order chi connectivity index (χ0) is 37.2. The lowest BCUT2D eigenvalue weighted by atomic mass is 9.36. The van der Waals surface area contributed by atoms with Gasteiger partial charge in [-0.15, -0.1) is 22.7 Å². The van der Waals surface area contributed by atoms with Crippen LogP contribution in [-0.2, 0) is 5.41 Å². The first-order valence-corrected chi connectivity index (χ1v) is 20.8. The number of nitriles is 1. The Morgan fingerprint density at radius 2 is 1.25 bits per heavy atom. The maximum Gasteiger partial charge on any atom is 0.264 e. The van der Waals surface area contributed by atoms with Crippen molar-refractivity contribution in [2.45, 2.75) is 26.2 Å². The molecule has 6 heterocycles. The van der Waals surface area contributed by atoms with E-state index in [2.05, 4.69) is 175 Å². The number of para-hydroxylation sites is 3. The lowest BCUT2D eigenvalue weighted by Gasteiger charge is -2.45. The molecule has 0 N–H and O–H groups in total. The molecule has 3 aliphatic rings. The highest BCUT2D eigenvalue weighted by Gasteiger charge is 2.48. The Morgan fingerprint density at radius 1 is 0.571 bits per heavy atom. The van der Waals surface area contributed by atoms with Crippen molar-refractivity contribution >= 4 is 131 Å². The van der Waals surface area contributed by atoms with E-state index < -0.39 is 0 Å². The van der Waals surface area contributed by atoms with Crippen molar-refractivity contribution in [3.05, 3.63) is 145 Å². The third-order valence-electron chi connectivity index (χ3n) is 12.4. The maximum atomic E-state index is 10.9. The predicted octanol–water partition coefficient (Wildman–Crippen LogP) is 11.9. The van der Waals surface area contributed by atoms with Gasteiger partial charge in [-0.05, 0) is 76.5 Å². The number of fused-ring (bicyclic) bond motifs is 14. The first-order chi connectivity index (χ1) is 27.4. The molecule has 13 rings (SSSR count). The summed E-state index contributed by atoms with van der Waals surface area (Å²) in [6, 6.07) is 52.0. The van der Waals surface area contributed by atoms with Gasteiger partial charge < -0.3 is 14.4 Å². The molecule has 4 nitrogen and oxygen atoms in total. The van der Waals surface area contributed by atoms with Crippen LogP contribution in [0.4, 0.5) is 34.1 Å². The van der Waals surface area contributed by atoms with Crippen LogP contribution < -0.4 is 25.5 Å². The molecule has 0 unspecified atom stereocenters. The molecule has 0 spiro atoms. The first kappa shape index (κ1) is 30.9. The predicted molar refractivity (Wildman–Crippen MR) is 240 cm³/mol. The summed E-state index contributed by atoms with van der Waals surface area (Å²) in [7, 11) is 0. The van der Waals surface area contributed by atoms with Crippen molar-refractivity contribution in [3.63, 3.8) is 0 Å². The third-order valence-corrected chi connectivity index (χ3v) is 14.9. The highest BCUT2D eigenvalue weighted by Crippen LogP contribution is 2.55. The van der Waals surface area contributed by atoms with Gasteiger partial charge in [0.25, 0.3) is 6.71 Å².